The van der Waals surface area contributed by atoms with E-state index in [-0.39, 0.29) is 28.8 Å². The molecule has 2 aromatic carbocycles. The Balaban J connectivity index is 1.77. The van der Waals surface area contributed by atoms with Gasteiger partial charge >= 0.3 is 5.97 Å². The maximum atomic E-state index is 12.4. The number of methoxy groups -OCH3 is 1. The zero-order valence-electron chi connectivity index (χ0n) is 18.2. The Hall–Kier alpha value is -3.45. The predicted molar refractivity (Wildman–Crippen MR) is 127 cm³/mol. The molecule has 1 aromatic heterocycles. The quantitative estimate of drug-likeness (QED) is 0.460. The summed E-state index contributed by atoms with van der Waals surface area (Å²) in [6, 6.07) is 13.8. The standard InChI is InChI=1S/C25H25ClN2O5/c1-32-22-11-9-18(14-23(22)33-19-6-2-3-7-19)28(15-16-5-4-12-27-24(16)29)17-8-10-20(25(30)31)21(26)13-17/h4-5,8-14,19H,2-3,6-7,15H2,1H3,(H,27,29)(H,30,31). The Morgan fingerprint density at radius 2 is 1.85 bits per heavy atom. The molecular weight excluding hydrogens is 444 g/mol. The molecule has 0 bridgehead atoms. The molecule has 0 saturated heterocycles. The summed E-state index contributed by atoms with van der Waals surface area (Å²) >= 11 is 6.26. The number of ether oxygens (including phenoxy) is 2. The number of H-pyrrole nitrogens is 1. The van der Waals surface area contributed by atoms with Gasteiger partial charge in [0.05, 0.1) is 30.3 Å². The average molecular weight is 469 g/mol. The minimum absolute atomic E-state index is 0.0120. The fourth-order valence-electron chi connectivity index (χ4n) is 4.04. The Morgan fingerprint density at radius 1 is 1.12 bits per heavy atom. The number of benzene rings is 2. The lowest BCUT2D eigenvalue weighted by atomic mass is 10.1. The molecule has 33 heavy (non-hydrogen) atoms. The van der Waals surface area contributed by atoms with Crippen LogP contribution in [0.25, 0.3) is 0 Å². The molecule has 1 fully saturated rings. The molecule has 4 rings (SSSR count). The van der Waals surface area contributed by atoms with Crippen LogP contribution in [-0.2, 0) is 6.54 Å². The lowest BCUT2D eigenvalue weighted by Crippen LogP contribution is -2.23. The molecule has 0 amide bonds. The SMILES string of the molecule is COc1ccc(N(Cc2ccc[nH]c2=O)c2ccc(C(=O)O)c(Cl)c2)cc1OC1CCCC1. The van der Waals surface area contributed by atoms with E-state index in [9.17, 15) is 14.7 Å². The van der Waals surface area contributed by atoms with Crippen molar-refractivity contribution in [3.8, 4) is 11.5 Å². The van der Waals surface area contributed by atoms with Crippen LogP contribution in [0.2, 0.25) is 5.02 Å². The molecule has 172 valence electrons. The second-order valence-electron chi connectivity index (χ2n) is 7.94. The summed E-state index contributed by atoms with van der Waals surface area (Å²) in [6.45, 7) is 0.244. The number of carbonyl (C=O) groups is 1. The van der Waals surface area contributed by atoms with Gasteiger partial charge in [-0.2, -0.15) is 0 Å². The number of carboxylic acid groups (broad SMARTS) is 1. The van der Waals surface area contributed by atoms with Crippen molar-refractivity contribution in [3.05, 3.63) is 81.2 Å². The average Bonchev–Trinajstić information content (AvgIpc) is 3.31. The number of nitrogens with zero attached hydrogens (tertiary/aromatic N) is 1. The van der Waals surface area contributed by atoms with E-state index < -0.39 is 5.97 Å². The molecule has 0 radical (unpaired) electrons. The van der Waals surface area contributed by atoms with Crippen molar-refractivity contribution >= 4 is 28.9 Å². The van der Waals surface area contributed by atoms with Crippen LogP contribution in [0.15, 0.2) is 59.5 Å². The fraction of sp³-hybridized carbons (Fsp3) is 0.280. The molecular formula is C25H25ClN2O5. The maximum absolute atomic E-state index is 12.4. The molecule has 1 aliphatic rings. The zero-order valence-corrected chi connectivity index (χ0v) is 19.0. The summed E-state index contributed by atoms with van der Waals surface area (Å²) in [6.07, 6.45) is 6.01. The topological polar surface area (TPSA) is 91.9 Å². The van der Waals surface area contributed by atoms with Gasteiger partial charge in [0.2, 0.25) is 0 Å². The van der Waals surface area contributed by atoms with E-state index in [1.807, 2.05) is 23.1 Å². The van der Waals surface area contributed by atoms with E-state index in [0.29, 0.717) is 22.7 Å². The lowest BCUT2D eigenvalue weighted by molar-refractivity contribution is 0.0697. The molecule has 0 atom stereocenters. The smallest absolute Gasteiger partial charge is 0.337 e. The third-order valence-electron chi connectivity index (χ3n) is 5.78. The number of nitrogens with one attached hydrogen (secondary N) is 1. The summed E-state index contributed by atoms with van der Waals surface area (Å²) < 4.78 is 11.8. The first kappa shape index (κ1) is 22.7. The Morgan fingerprint density at radius 3 is 2.52 bits per heavy atom. The monoisotopic (exact) mass is 468 g/mol. The third-order valence-corrected chi connectivity index (χ3v) is 6.09. The van der Waals surface area contributed by atoms with Gasteiger partial charge < -0.3 is 24.5 Å². The van der Waals surface area contributed by atoms with Crippen molar-refractivity contribution in [2.75, 3.05) is 12.0 Å². The normalized spacial score (nSPS) is 13.6. The van der Waals surface area contributed by atoms with Crippen LogP contribution in [0.1, 0.15) is 41.6 Å². The van der Waals surface area contributed by atoms with Crippen molar-refractivity contribution in [2.24, 2.45) is 0 Å². The molecule has 1 heterocycles. The van der Waals surface area contributed by atoms with E-state index >= 15 is 0 Å². The minimum atomic E-state index is -1.10. The van der Waals surface area contributed by atoms with Crippen molar-refractivity contribution in [1.29, 1.82) is 0 Å². The van der Waals surface area contributed by atoms with Crippen LogP contribution in [0.5, 0.6) is 11.5 Å². The lowest BCUT2D eigenvalue weighted by Gasteiger charge is -2.27. The Labute approximate surface area is 196 Å². The maximum Gasteiger partial charge on any atom is 0.337 e. The van der Waals surface area contributed by atoms with E-state index in [4.69, 9.17) is 21.1 Å². The number of aromatic nitrogens is 1. The minimum Gasteiger partial charge on any atom is -0.493 e. The second kappa shape index (κ2) is 10.0. The van der Waals surface area contributed by atoms with Crippen molar-refractivity contribution in [2.45, 2.75) is 38.3 Å². The summed E-state index contributed by atoms with van der Waals surface area (Å²) in [4.78, 5) is 28.4. The molecule has 8 heteroatoms. The molecule has 1 saturated carbocycles. The summed E-state index contributed by atoms with van der Waals surface area (Å²) in [5, 5.41) is 9.45. The number of halogens is 1. The number of rotatable bonds is 8. The molecule has 1 aliphatic carbocycles. The third kappa shape index (κ3) is 5.14. The number of hydrogen-bond donors (Lipinski definition) is 2. The Kier molecular flexibility index (Phi) is 6.89. The van der Waals surface area contributed by atoms with E-state index in [1.54, 1.807) is 37.6 Å². The first-order valence-corrected chi connectivity index (χ1v) is 11.2. The van der Waals surface area contributed by atoms with Gasteiger partial charge in [-0.05, 0) is 62.1 Å². The van der Waals surface area contributed by atoms with Gasteiger partial charge in [0.25, 0.3) is 5.56 Å². The summed E-state index contributed by atoms with van der Waals surface area (Å²) in [5.74, 6) is 0.152. The van der Waals surface area contributed by atoms with Crippen LogP contribution >= 0.6 is 11.6 Å². The van der Waals surface area contributed by atoms with E-state index in [0.717, 1.165) is 31.4 Å². The number of aromatic amines is 1. The second-order valence-corrected chi connectivity index (χ2v) is 8.35. The molecule has 0 unspecified atom stereocenters. The number of carboxylic acids is 1. The van der Waals surface area contributed by atoms with Crippen LogP contribution in [-0.4, -0.2) is 29.3 Å². The van der Waals surface area contributed by atoms with Crippen molar-refractivity contribution in [3.63, 3.8) is 0 Å². The zero-order chi connectivity index (χ0) is 23.4. The van der Waals surface area contributed by atoms with Gasteiger partial charge in [0.1, 0.15) is 0 Å². The number of anilines is 2. The van der Waals surface area contributed by atoms with Gasteiger partial charge in [-0.15, -0.1) is 0 Å². The van der Waals surface area contributed by atoms with Crippen LogP contribution in [0, 0.1) is 0 Å². The molecule has 2 N–H and O–H groups in total. The van der Waals surface area contributed by atoms with Crippen molar-refractivity contribution < 1.29 is 19.4 Å². The van der Waals surface area contributed by atoms with Gasteiger partial charge in [-0.3, -0.25) is 4.79 Å². The van der Waals surface area contributed by atoms with Crippen LogP contribution in [0.4, 0.5) is 11.4 Å². The van der Waals surface area contributed by atoms with Crippen LogP contribution in [0.3, 0.4) is 0 Å². The summed E-state index contributed by atoms with van der Waals surface area (Å²) in [7, 11) is 1.60. The fourth-order valence-corrected chi connectivity index (χ4v) is 4.30. The Bertz CT molecular complexity index is 1200. The molecule has 3 aromatic rings. The number of pyridine rings is 1. The van der Waals surface area contributed by atoms with Crippen molar-refractivity contribution in [1.82, 2.24) is 4.98 Å². The van der Waals surface area contributed by atoms with Gasteiger partial charge in [-0.25, -0.2) is 4.79 Å². The van der Waals surface area contributed by atoms with Gasteiger partial charge in [0.15, 0.2) is 11.5 Å². The first-order chi connectivity index (χ1) is 16.0. The van der Waals surface area contributed by atoms with Gasteiger partial charge in [0, 0.05) is 29.2 Å². The highest BCUT2D eigenvalue weighted by Crippen LogP contribution is 2.38. The highest BCUT2D eigenvalue weighted by Gasteiger charge is 2.21. The van der Waals surface area contributed by atoms with Crippen LogP contribution < -0.4 is 19.9 Å². The largest absolute Gasteiger partial charge is 0.493 e. The molecule has 0 aliphatic heterocycles. The predicted octanol–water partition coefficient (Wildman–Crippen LogP) is 5.39. The summed E-state index contributed by atoms with van der Waals surface area (Å²) in [5.41, 5.74) is 1.76. The molecule has 7 nitrogen and oxygen atoms in total. The highest BCUT2D eigenvalue weighted by atomic mass is 35.5. The number of hydrogen-bond acceptors (Lipinski definition) is 5. The van der Waals surface area contributed by atoms with E-state index in [1.165, 1.54) is 6.07 Å². The van der Waals surface area contributed by atoms with E-state index in [2.05, 4.69) is 4.98 Å². The number of aromatic carboxylic acids is 1. The molecule has 0 spiro atoms. The highest BCUT2D eigenvalue weighted by molar-refractivity contribution is 6.33. The first-order valence-electron chi connectivity index (χ1n) is 10.8. The van der Waals surface area contributed by atoms with Gasteiger partial charge in [-0.1, -0.05) is 17.7 Å².